The van der Waals surface area contributed by atoms with Gasteiger partial charge in [-0.1, -0.05) is 11.1 Å². The highest BCUT2D eigenvalue weighted by Crippen LogP contribution is 2.20. The summed E-state index contributed by atoms with van der Waals surface area (Å²) in [6.07, 6.45) is 1.53. The molecule has 8 nitrogen and oxygen atoms in total. The van der Waals surface area contributed by atoms with Crippen LogP contribution in [-0.2, 0) is 4.79 Å². The Morgan fingerprint density at radius 1 is 1.55 bits per heavy atom. The molecule has 0 saturated carbocycles. The fourth-order valence-corrected chi connectivity index (χ4v) is 2.50. The van der Waals surface area contributed by atoms with Crippen LogP contribution < -0.4 is 5.43 Å². The first kappa shape index (κ1) is 12.5. The van der Waals surface area contributed by atoms with E-state index in [1.807, 2.05) is 11.5 Å². The number of rotatable bonds is 2. The summed E-state index contributed by atoms with van der Waals surface area (Å²) in [6, 6.07) is -0.964. The van der Waals surface area contributed by atoms with Gasteiger partial charge < -0.3 is 0 Å². The van der Waals surface area contributed by atoms with Crippen molar-refractivity contribution < 1.29 is 14.2 Å². The molecular formula is C12H15N6O2+. The van der Waals surface area contributed by atoms with E-state index < -0.39 is 6.04 Å². The molecule has 1 saturated heterocycles. The molecular weight excluding hydrogens is 260 g/mol. The van der Waals surface area contributed by atoms with Crippen LogP contribution in [0.2, 0.25) is 0 Å². The molecule has 0 aliphatic carbocycles. The van der Waals surface area contributed by atoms with Crippen molar-refractivity contribution in [3.05, 3.63) is 12.7 Å². The highest BCUT2D eigenvalue weighted by molar-refractivity contribution is 6.23. The first-order valence-electron chi connectivity index (χ1n) is 6.26. The minimum absolute atomic E-state index is 0.190. The van der Waals surface area contributed by atoms with Gasteiger partial charge in [-0.15, -0.1) is 11.7 Å². The van der Waals surface area contributed by atoms with Gasteiger partial charge in [0, 0.05) is 13.6 Å². The molecule has 3 heterocycles. The third-order valence-electron chi connectivity index (χ3n) is 3.47. The molecule has 3 rings (SSSR count). The van der Waals surface area contributed by atoms with Gasteiger partial charge in [0.05, 0.1) is 5.71 Å². The summed E-state index contributed by atoms with van der Waals surface area (Å²) in [5.74, 6) is 0.662. The van der Waals surface area contributed by atoms with Crippen LogP contribution in [0.5, 0.6) is 0 Å². The van der Waals surface area contributed by atoms with E-state index in [1.165, 1.54) is 15.9 Å². The lowest BCUT2D eigenvalue weighted by atomic mass is 10.1. The van der Waals surface area contributed by atoms with Crippen LogP contribution in [0.1, 0.15) is 6.92 Å². The molecule has 3 aliphatic heterocycles. The van der Waals surface area contributed by atoms with E-state index in [1.54, 1.807) is 7.05 Å². The molecule has 1 N–H and O–H groups in total. The van der Waals surface area contributed by atoms with Gasteiger partial charge in [0.2, 0.25) is 11.9 Å². The number of nitrogens with one attached hydrogen (secondary N) is 1. The van der Waals surface area contributed by atoms with Crippen molar-refractivity contribution in [1.82, 2.24) is 15.2 Å². The molecule has 1 fully saturated rings. The summed E-state index contributed by atoms with van der Waals surface area (Å²) >= 11 is 0. The van der Waals surface area contributed by atoms with Crippen molar-refractivity contribution in [3.63, 3.8) is 0 Å². The lowest BCUT2D eigenvalue weighted by molar-refractivity contribution is -0.524. The highest BCUT2D eigenvalue weighted by atomic mass is 16.2. The van der Waals surface area contributed by atoms with Gasteiger partial charge in [0.15, 0.2) is 0 Å². The number of hydrogen-bond acceptors (Lipinski definition) is 5. The van der Waals surface area contributed by atoms with E-state index in [9.17, 15) is 9.59 Å². The van der Waals surface area contributed by atoms with Crippen molar-refractivity contribution >= 4 is 29.4 Å². The third kappa shape index (κ3) is 1.57. The Morgan fingerprint density at radius 2 is 2.30 bits per heavy atom. The Morgan fingerprint density at radius 3 is 3.00 bits per heavy atom. The minimum atomic E-state index is -0.578. The normalized spacial score (nSPS) is 25.0. The molecule has 3 amide bonds. The van der Waals surface area contributed by atoms with E-state index in [0.717, 1.165) is 5.71 Å². The Labute approximate surface area is 115 Å². The number of amides is 3. The van der Waals surface area contributed by atoms with Crippen molar-refractivity contribution in [3.8, 4) is 0 Å². The number of urea groups is 1. The quantitative estimate of drug-likeness (QED) is 0.529. The number of hydrogen-bond donors (Lipinski definition) is 1. The van der Waals surface area contributed by atoms with Crippen molar-refractivity contribution in [2.24, 2.45) is 10.1 Å². The number of fused-ring (bicyclic) bond motifs is 2. The van der Waals surface area contributed by atoms with Gasteiger partial charge in [0.1, 0.15) is 6.54 Å². The maximum absolute atomic E-state index is 12.5. The second kappa shape index (κ2) is 4.26. The van der Waals surface area contributed by atoms with Gasteiger partial charge in [-0.05, 0) is 6.92 Å². The Kier molecular flexibility index (Phi) is 2.66. The largest absolute Gasteiger partial charge is 0.414 e. The van der Waals surface area contributed by atoms with E-state index in [0.29, 0.717) is 18.3 Å². The lowest BCUT2D eigenvalue weighted by Gasteiger charge is -2.33. The fourth-order valence-electron chi connectivity index (χ4n) is 2.50. The summed E-state index contributed by atoms with van der Waals surface area (Å²) in [7, 11) is 1.61. The maximum Gasteiger partial charge on any atom is 0.414 e. The van der Waals surface area contributed by atoms with Crippen LogP contribution in [0, 0.1) is 0 Å². The molecule has 104 valence electrons. The zero-order chi connectivity index (χ0) is 14.4. The Balaban J connectivity index is 2.00. The lowest BCUT2D eigenvalue weighted by Crippen LogP contribution is -2.63. The van der Waals surface area contributed by atoms with E-state index in [2.05, 4.69) is 22.1 Å². The summed E-state index contributed by atoms with van der Waals surface area (Å²) < 4.78 is 1.82. The zero-order valence-electron chi connectivity index (χ0n) is 11.3. The Hall–Kier alpha value is -2.51. The minimum Gasteiger partial charge on any atom is -0.270 e. The molecule has 3 aliphatic rings. The van der Waals surface area contributed by atoms with Crippen molar-refractivity contribution in [1.29, 1.82) is 0 Å². The van der Waals surface area contributed by atoms with Crippen LogP contribution >= 0.6 is 0 Å². The molecule has 0 bridgehead atoms. The topological polar surface area (TPSA) is 80.4 Å². The van der Waals surface area contributed by atoms with E-state index >= 15 is 0 Å². The predicted molar refractivity (Wildman–Crippen MR) is 72.7 cm³/mol. The fraction of sp³-hybridized carbons (Fsp3) is 0.417. The van der Waals surface area contributed by atoms with Gasteiger partial charge in [-0.3, -0.25) is 14.6 Å². The van der Waals surface area contributed by atoms with E-state index in [-0.39, 0.29) is 18.5 Å². The summed E-state index contributed by atoms with van der Waals surface area (Å²) in [5.41, 5.74) is 3.66. The monoisotopic (exact) mass is 275 g/mol. The van der Waals surface area contributed by atoms with E-state index in [4.69, 9.17) is 0 Å². The smallest absolute Gasteiger partial charge is 0.270 e. The molecule has 0 aromatic heterocycles. The standard InChI is InChI=1S/C12H14N6O2/c1-4-5-17-10(19)8-9(16(3)12(17)20)13-11-15-14-7(2)6-18(8)11/h4,8H,1,5-6H2,2-3H3/p+1. The molecule has 20 heavy (non-hydrogen) atoms. The average Bonchev–Trinajstić information content (AvgIpc) is 2.80. The average molecular weight is 275 g/mol. The van der Waals surface area contributed by atoms with Crippen LogP contribution in [0.25, 0.3) is 0 Å². The summed E-state index contributed by atoms with van der Waals surface area (Å²) in [6.45, 7) is 6.15. The molecule has 8 heteroatoms. The number of nitrogens with zero attached hydrogens (tertiary/aromatic N) is 5. The maximum atomic E-state index is 12.5. The first-order valence-corrected chi connectivity index (χ1v) is 6.26. The zero-order valence-corrected chi connectivity index (χ0v) is 11.3. The molecule has 0 aromatic rings. The summed E-state index contributed by atoms with van der Waals surface area (Å²) in [4.78, 5) is 31.6. The SMILES string of the molecule is C=CCN1C(=O)C2C(=NC3=[N+]2CC(C)=NN3)N(C)C1=O. The molecule has 1 atom stereocenters. The number of guanidine groups is 1. The first-order chi connectivity index (χ1) is 9.54. The number of amidine groups is 1. The molecule has 0 aromatic carbocycles. The number of likely N-dealkylation sites (N-methyl/N-ethyl adjacent to an activating group) is 1. The number of carbonyl (C=O) groups excluding carboxylic acids is 2. The molecule has 1 unspecified atom stereocenters. The van der Waals surface area contributed by atoms with Crippen LogP contribution in [0.3, 0.4) is 0 Å². The van der Waals surface area contributed by atoms with Crippen LogP contribution in [-0.4, -0.2) is 70.0 Å². The van der Waals surface area contributed by atoms with Gasteiger partial charge in [-0.2, -0.15) is 5.43 Å². The predicted octanol–water partition coefficient (Wildman–Crippen LogP) is -0.805. The number of carbonyl (C=O) groups is 2. The molecule has 0 radical (unpaired) electrons. The Bertz CT molecular complexity index is 617. The van der Waals surface area contributed by atoms with Crippen molar-refractivity contribution in [2.75, 3.05) is 20.1 Å². The van der Waals surface area contributed by atoms with Crippen LogP contribution in [0.15, 0.2) is 22.7 Å². The second-order valence-corrected chi connectivity index (χ2v) is 4.86. The van der Waals surface area contributed by atoms with Gasteiger partial charge >= 0.3 is 12.0 Å². The highest BCUT2D eigenvalue weighted by Gasteiger charge is 2.52. The van der Waals surface area contributed by atoms with Gasteiger partial charge in [-0.25, -0.2) is 9.37 Å². The van der Waals surface area contributed by atoms with Crippen molar-refractivity contribution in [2.45, 2.75) is 13.0 Å². The second-order valence-electron chi connectivity index (χ2n) is 4.86. The number of imide groups is 1. The van der Waals surface area contributed by atoms with Crippen LogP contribution in [0.4, 0.5) is 4.79 Å². The van der Waals surface area contributed by atoms with Gasteiger partial charge in [0.25, 0.3) is 5.91 Å². The molecule has 0 spiro atoms. The summed E-state index contributed by atoms with van der Waals surface area (Å²) in [5, 5.41) is 4.09. The number of hydrazone groups is 1. The number of aliphatic imine (C=N–C) groups is 1. The third-order valence-corrected chi connectivity index (χ3v) is 3.47.